The minimum absolute atomic E-state index is 0.214. The van der Waals surface area contributed by atoms with Crippen molar-refractivity contribution in [2.75, 3.05) is 0 Å². The van der Waals surface area contributed by atoms with Crippen LogP contribution in [-0.2, 0) is 13.2 Å². The molecule has 0 unspecified atom stereocenters. The standard InChI is InChI=1S/C23H20N4O3S/c1-16-21(22(29)25-14-17-7-3-2-4-8-17)31-23(26-16)27-12-10-19(13-20(27)28)30-15-18-9-5-6-11-24-18/h2-13H,14-15H2,1H3,(H,25,29). The number of carbonyl (C=O) groups excluding carboxylic acids is 1. The second-order valence-corrected chi connectivity index (χ2v) is 7.74. The first-order chi connectivity index (χ1) is 15.1. The molecule has 3 aromatic heterocycles. The van der Waals surface area contributed by atoms with Crippen LogP contribution < -0.4 is 15.6 Å². The monoisotopic (exact) mass is 432 g/mol. The third-order valence-corrected chi connectivity index (χ3v) is 5.65. The average molecular weight is 433 g/mol. The van der Waals surface area contributed by atoms with Crippen molar-refractivity contribution < 1.29 is 9.53 Å². The van der Waals surface area contributed by atoms with Crippen LogP contribution in [-0.4, -0.2) is 20.4 Å². The lowest BCUT2D eigenvalue weighted by atomic mass is 10.2. The van der Waals surface area contributed by atoms with E-state index >= 15 is 0 Å². The number of nitrogens with one attached hydrogen (secondary N) is 1. The lowest BCUT2D eigenvalue weighted by Crippen LogP contribution is -2.22. The Morgan fingerprint density at radius 1 is 1.13 bits per heavy atom. The minimum atomic E-state index is -0.288. The molecule has 0 aliphatic rings. The molecule has 0 fully saturated rings. The summed E-state index contributed by atoms with van der Waals surface area (Å²) in [6.45, 7) is 2.45. The maximum absolute atomic E-state index is 12.6. The summed E-state index contributed by atoms with van der Waals surface area (Å²) in [7, 11) is 0. The van der Waals surface area contributed by atoms with Crippen molar-refractivity contribution in [1.29, 1.82) is 0 Å². The Kier molecular flexibility index (Phi) is 6.18. The predicted molar refractivity (Wildman–Crippen MR) is 119 cm³/mol. The number of carbonyl (C=O) groups is 1. The van der Waals surface area contributed by atoms with Crippen molar-refractivity contribution in [1.82, 2.24) is 19.9 Å². The van der Waals surface area contributed by atoms with Crippen molar-refractivity contribution >= 4 is 17.2 Å². The first-order valence-corrected chi connectivity index (χ1v) is 10.5. The summed E-state index contributed by atoms with van der Waals surface area (Å²) in [5.41, 5.74) is 2.07. The number of aryl methyl sites for hydroxylation is 1. The molecule has 0 aliphatic heterocycles. The van der Waals surface area contributed by atoms with Crippen LogP contribution in [0.3, 0.4) is 0 Å². The van der Waals surface area contributed by atoms with Crippen LogP contribution in [0.4, 0.5) is 0 Å². The molecule has 0 bridgehead atoms. The molecular weight excluding hydrogens is 412 g/mol. The van der Waals surface area contributed by atoms with E-state index in [0.29, 0.717) is 28.0 Å². The van der Waals surface area contributed by atoms with Crippen molar-refractivity contribution in [3.63, 3.8) is 0 Å². The molecule has 0 radical (unpaired) electrons. The molecule has 31 heavy (non-hydrogen) atoms. The minimum Gasteiger partial charge on any atom is -0.487 e. The van der Waals surface area contributed by atoms with Gasteiger partial charge in [-0.25, -0.2) is 4.98 Å². The molecule has 8 heteroatoms. The Morgan fingerprint density at radius 3 is 2.68 bits per heavy atom. The van der Waals surface area contributed by atoms with Crippen molar-refractivity contribution in [2.24, 2.45) is 0 Å². The third kappa shape index (κ3) is 5.04. The topological polar surface area (TPSA) is 86.1 Å². The fourth-order valence-corrected chi connectivity index (χ4v) is 3.88. The highest BCUT2D eigenvalue weighted by atomic mass is 32.1. The number of rotatable bonds is 7. The smallest absolute Gasteiger partial charge is 0.263 e. The van der Waals surface area contributed by atoms with Crippen molar-refractivity contribution in [2.45, 2.75) is 20.1 Å². The zero-order valence-corrected chi connectivity index (χ0v) is 17.6. The Balaban J connectivity index is 1.46. The van der Waals surface area contributed by atoms with E-state index in [1.54, 1.807) is 25.4 Å². The number of hydrogen-bond donors (Lipinski definition) is 1. The summed E-state index contributed by atoms with van der Waals surface area (Å²) in [6.07, 6.45) is 3.29. The van der Waals surface area contributed by atoms with Crippen LogP contribution in [0.25, 0.3) is 5.13 Å². The molecule has 1 N–H and O–H groups in total. The molecule has 0 saturated heterocycles. The summed E-state index contributed by atoms with van der Waals surface area (Å²) in [6, 6.07) is 18.3. The Hall–Kier alpha value is -3.78. The number of nitrogens with zero attached hydrogens (tertiary/aromatic N) is 3. The molecule has 4 aromatic rings. The van der Waals surface area contributed by atoms with Gasteiger partial charge in [-0.15, -0.1) is 0 Å². The van der Waals surface area contributed by atoms with Crippen LogP contribution in [0.5, 0.6) is 5.75 Å². The highest BCUT2D eigenvalue weighted by Crippen LogP contribution is 2.21. The van der Waals surface area contributed by atoms with Crippen molar-refractivity contribution in [3.05, 3.63) is 105 Å². The van der Waals surface area contributed by atoms with Gasteiger partial charge in [-0.1, -0.05) is 47.7 Å². The third-order valence-electron chi connectivity index (χ3n) is 4.50. The predicted octanol–water partition coefficient (Wildman–Crippen LogP) is 3.51. The molecule has 0 spiro atoms. The van der Waals surface area contributed by atoms with Gasteiger partial charge in [0.25, 0.3) is 11.5 Å². The SMILES string of the molecule is Cc1nc(-n2ccc(OCc3ccccn3)cc2=O)sc1C(=O)NCc1ccccc1. The molecule has 0 aliphatic carbocycles. The first kappa shape index (κ1) is 20.5. The van der Waals surface area contributed by atoms with Crippen LogP contribution >= 0.6 is 11.3 Å². The number of benzene rings is 1. The van der Waals surface area contributed by atoms with Gasteiger partial charge in [-0.3, -0.25) is 19.1 Å². The normalized spacial score (nSPS) is 10.6. The number of ether oxygens (including phenoxy) is 1. The number of pyridine rings is 2. The van der Waals surface area contributed by atoms with Gasteiger partial charge in [-0.05, 0) is 30.7 Å². The molecular formula is C23H20N4O3S. The van der Waals surface area contributed by atoms with Crippen LogP contribution in [0, 0.1) is 6.92 Å². The summed E-state index contributed by atoms with van der Waals surface area (Å²) >= 11 is 1.18. The van der Waals surface area contributed by atoms with E-state index in [4.69, 9.17) is 4.74 Å². The fraction of sp³-hybridized carbons (Fsp3) is 0.130. The van der Waals surface area contributed by atoms with Crippen LogP contribution in [0.2, 0.25) is 0 Å². The fourth-order valence-electron chi connectivity index (χ4n) is 2.90. The number of thiazole rings is 1. The van der Waals surface area contributed by atoms with E-state index in [1.165, 1.54) is 22.0 Å². The van der Waals surface area contributed by atoms with Gasteiger partial charge in [0, 0.05) is 25.0 Å². The molecule has 4 rings (SSSR count). The average Bonchev–Trinajstić information content (AvgIpc) is 3.19. The van der Waals surface area contributed by atoms with Gasteiger partial charge in [0.15, 0.2) is 5.13 Å². The second kappa shape index (κ2) is 9.36. The lowest BCUT2D eigenvalue weighted by Gasteiger charge is -2.07. The molecule has 3 heterocycles. The van der Waals surface area contributed by atoms with Crippen LogP contribution in [0.1, 0.15) is 26.6 Å². The van der Waals surface area contributed by atoms with E-state index in [9.17, 15) is 9.59 Å². The van der Waals surface area contributed by atoms with Crippen LogP contribution in [0.15, 0.2) is 77.9 Å². The van der Waals surface area contributed by atoms with E-state index in [1.807, 2.05) is 48.5 Å². The molecule has 1 aromatic carbocycles. The molecule has 1 amide bonds. The Morgan fingerprint density at radius 2 is 1.94 bits per heavy atom. The zero-order chi connectivity index (χ0) is 21.6. The van der Waals surface area contributed by atoms with Gasteiger partial charge >= 0.3 is 0 Å². The maximum Gasteiger partial charge on any atom is 0.263 e. The molecule has 0 saturated carbocycles. The number of hydrogen-bond acceptors (Lipinski definition) is 6. The number of amides is 1. The lowest BCUT2D eigenvalue weighted by molar-refractivity contribution is 0.0954. The van der Waals surface area contributed by atoms with E-state index in [0.717, 1.165) is 11.3 Å². The number of aromatic nitrogens is 3. The van der Waals surface area contributed by atoms with E-state index in [-0.39, 0.29) is 18.1 Å². The van der Waals surface area contributed by atoms with Crippen molar-refractivity contribution in [3.8, 4) is 10.9 Å². The molecule has 156 valence electrons. The highest BCUT2D eigenvalue weighted by molar-refractivity contribution is 7.16. The Labute approximate surface area is 183 Å². The van der Waals surface area contributed by atoms with Gasteiger partial charge in [0.2, 0.25) is 0 Å². The van der Waals surface area contributed by atoms with Gasteiger partial charge in [0.1, 0.15) is 17.2 Å². The largest absolute Gasteiger partial charge is 0.487 e. The summed E-state index contributed by atoms with van der Waals surface area (Å²) in [5.74, 6) is 0.231. The zero-order valence-electron chi connectivity index (χ0n) is 16.8. The first-order valence-electron chi connectivity index (χ1n) is 9.65. The summed E-state index contributed by atoms with van der Waals surface area (Å²) < 4.78 is 7.05. The van der Waals surface area contributed by atoms with Gasteiger partial charge < -0.3 is 10.1 Å². The quantitative estimate of drug-likeness (QED) is 0.483. The van der Waals surface area contributed by atoms with E-state index in [2.05, 4.69) is 15.3 Å². The molecule has 0 atom stereocenters. The maximum atomic E-state index is 12.6. The highest BCUT2D eigenvalue weighted by Gasteiger charge is 2.17. The Bertz CT molecular complexity index is 1240. The summed E-state index contributed by atoms with van der Waals surface area (Å²) in [5, 5.41) is 3.33. The molecule has 7 nitrogen and oxygen atoms in total. The van der Waals surface area contributed by atoms with E-state index < -0.39 is 0 Å². The second-order valence-electron chi connectivity index (χ2n) is 6.76. The van der Waals surface area contributed by atoms with Gasteiger partial charge in [-0.2, -0.15) is 0 Å². The summed E-state index contributed by atoms with van der Waals surface area (Å²) in [4.78, 5) is 34.3. The van der Waals surface area contributed by atoms with Gasteiger partial charge in [0.05, 0.1) is 11.4 Å².